The summed E-state index contributed by atoms with van der Waals surface area (Å²) in [7, 11) is 0. The number of allylic oxidation sites excluding steroid dienone is 2. The Morgan fingerprint density at radius 1 is 1.00 bits per heavy atom. The molecule has 1 heterocycles. The average Bonchev–Trinajstić information content (AvgIpc) is 3.24. The van der Waals surface area contributed by atoms with Crippen molar-refractivity contribution in [2.24, 2.45) is 0 Å². The fraction of sp³-hybridized carbons (Fsp3) is 0.444. The molecule has 1 aromatic carbocycles. The quantitative estimate of drug-likeness (QED) is 0.708. The third-order valence-electron chi connectivity index (χ3n) is 4.86. The molecule has 19 heavy (non-hydrogen) atoms. The molecule has 2 atom stereocenters. The molecule has 1 saturated heterocycles. The van der Waals surface area contributed by atoms with Crippen LogP contribution in [0.15, 0.2) is 48.6 Å². The molecule has 2 fully saturated rings. The molecular weight excluding hydrogens is 232 g/mol. The normalized spacial score (nSPS) is 33.2. The Kier molecular flexibility index (Phi) is 2.63. The van der Waals surface area contributed by atoms with Gasteiger partial charge in [0.25, 0.3) is 0 Å². The van der Waals surface area contributed by atoms with Crippen LogP contribution in [-0.2, 0) is 10.3 Å². The summed E-state index contributed by atoms with van der Waals surface area (Å²) in [5.41, 5.74) is 2.81. The van der Waals surface area contributed by atoms with Gasteiger partial charge in [0.15, 0.2) is 0 Å². The van der Waals surface area contributed by atoms with Gasteiger partial charge in [-0.1, -0.05) is 61.8 Å². The Balaban J connectivity index is 1.73. The molecule has 98 valence electrons. The van der Waals surface area contributed by atoms with Gasteiger partial charge in [0.2, 0.25) is 0 Å². The van der Waals surface area contributed by atoms with E-state index in [-0.39, 0.29) is 11.7 Å². The van der Waals surface area contributed by atoms with Crippen LogP contribution >= 0.6 is 0 Å². The van der Waals surface area contributed by atoms with E-state index in [0.717, 1.165) is 5.92 Å². The summed E-state index contributed by atoms with van der Waals surface area (Å²) in [6, 6.07) is 8.93. The van der Waals surface area contributed by atoms with Gasteiger partial charge in [-0.3, -0.25) is 0 Å². The smallest absolute Gasteiger partial charge is 0.142 e. The minimum atomic E-state index is -0.136. The van der Waals surface area contributed by atoms with Crippen molar-refractivity contribution in [1.82, 2.24) is 0 Å². The highest BCUT2D eigenvalue weighted by Gasteiger charge is 2.56. The van der Waals surface area contributed by atoms with E-state index < -0.39 is 0 Å². The van der Waals surface area contributed by atoms with Crippen molar-refractivity contribution >= 4 is 0 Å². The molecule has 1 nitrogen and oxygen atoms in total. The first kappa shape index (κ1) is 11.5. The highest BCUT2D eigenvalue weighted by molar-refractivity contribution is 5.47. The molecule has 2 aliphatic carbocycles. The molecule has 0 amide bonds. The standard InChI is InChI=1S/C18H20O/c1-2-8-14(9-3-1)15-10-4-5-11-16(15)18-13-7-6-12-17(18)19-18/h4-7,10-14,17H,1-3,8-9H2. The molecule has 0 N–H and O–H groups in total. The van der Waals surface area contributed by atoms with Gasteiger partial charge in [-0.05, 0) is 36.0 Å². The second-order valence-electron chi connectivity index (χ2n) is 6.00. The molecule has 2 unspecified atom stereocenters. The van der Waals surface area contributed by atoms with Crippen molar-refractivity contribution in [3.05, 3.63) is 59.7 Å². The fourth-order valence-corrected chi connectivity index (χ4v) is 3.78. The van der Waals surface area contributed by atoms with Crippen LogP contribution in [0, 0.1) is 0 Å². The van der Waals surface area contributed by atoms with Gasteiger partial charge >= 0.3 is 0 Å². The van der Waals surface area contributed by atoms with Crippen LogP contribution in [-0.4, -0.2) is 6.10 Å². The Morgan fingerprint density at radius 3 is 2.68 bits per heavy atom. The molecule has 3 aliphatic rings. The third kappa shape index (κ3) is 1.80. The third-order valence-corrected chi connectivity index (χ3v) is 4.86. The topological polar surface area (TPSA) is 12.5 Å². The van der Waals surface area contributed by atoms with Crippen LogP contribution in [0.25, 0.3) is 0 Å². The van der Waals surface area contributed by atoms with Crippen molar-refractivity contribution in [1.29, 1.82) is 0 Å². The summed E-state index contributed by atoms with van der Waals surface area (Å²) in [6.07, 6.45) is 15.8. The average molecular weight is 252 g/mol. The van der Waals surface area contributed by atoms with Crippen molar-refractivity contribution in [2.45, 2.75) is 49.7 Å². The minimum Gasteiger partial charge on any atom is -0.352 e. The van der Waals surface area contributed by atoms with Gasteiger partial charge in [-0.25, -0.2) is 0 Å². The zero-order valence-corrected chi connectivity index (χ0v) is 11.2. The number of ether oxygens (including phenoxy) is 1. The van der Waals surface area contributed by atoms with Crippen LogP contribution in [0.3, 0.4) is 0 Å². The van der Waals surface area contributed by atoms with Gasteiger partial charge in [0.1, 0.15) is 11.7 Å². The second-order valence-corrected chi connectivity index (χ2v) is 6.00. The Morgan fingerprint density at radius 2 is 1.84 bits per heavy atom. The van der Waals surface area contributed by atoms with Crippen molar-refractivity contribution in [3.8, 4) is 0 Å². The molecule has 1 aromatic rings. The summed E-state index contributed by atoms with van der Waals surface area (Å²) < 4.78 is 6.01. The first-order valence-corrected chi connectivity index (χ1v) is 7.53. The number of rotatable bonds is 2. The lowest BCUT2D eigenvalue weighted by atomic mass is 9.78. The van der Waals surface area contributed by atoms with Gasteiger partial charge in [-0.2, -0.15) is 0 Å². The fourth-order valence-electron chi connectivity index (χ4n) is 3.78. The SMILES string of the molecule is C1=CC2OC2(c2ccccc2C2CCCCC2)C=C1. The van der Waals surface area contributed by atoms with Crippen LogP contribution in [0.2, 0.25) is 0 Å². The Bertz CT molecular complexity index is 536. The van der Waals surface area contributed by atoms with Crippen LogP contribution in [0.5, 0.6) is 0 Å². The van der Waals surface area contributed by atoms with Gasteiger partial charge < -0.3 is 4.74 Å². The summed E-state index contributed by atoms with van der Waals surface area (Å²) in [4.78, 5) is 0. The lowest BCUT2D eigenvalue weighted by Crippen LogP contribution is -2.16. The van der Waals surface area contributed by atoms with E-state index in [1.807, 2.05) is 0 Å². The van der Waals surface area contributed by atoms with Gasteiger partial charge in [0.05, 0.1) is 0 Å². The number of epoxide rings is 1. The Labute approximate surface area is 115 Å². The molecule has 1 heteroatoms. The molecular formula is C18H20O. The molecule has 0 bridgehead atoms. The monoisotopic (exact) mass is 252 g/mol. The first-order valence-electron chi connectivity index (χ1n) is 7.53. The number of benzene rings is 1. The molecule has 0 aromatic heterocycles. The van der Waals surface area contributed by atoms with Crippen molar-refractivity contribution < 1.29 is 4.74 Å². The maximum atomic E-state index is 6.01. The molecule has 1 aliphatic heterocycles. The maximum absolute atomic E-state index is 6.01. The zero-order valence-electron chi connectivity index (χ0n) is 11.2. The molecule has 4 rings (SSSR count). The summed E-state index contributed by atoms with van der Waals surface area (Å²) >= 11 is 0. The van der Waals surface area contributed by atoms with Crippen LogP contribution in [0.1, 0.15) is 49.1 Å². The predicted octanol–water partition coefficient (Wildman–Crippen LogP) is 4.45. The van der Waals surface area contributed by atoms with Gasteiger partial charge in [0, 0.05) is 0 Å². The van der Waals surface area contributed by atoms with Crippen molar-refractivity contribution in [2.75, 3.05) is 0 Å². The maximum Gasteiger partial charge on any atom is 0.142 e. The van der Waals surface area contributed by atoms with Crippen molar-refractivity contribution in [3.63, 3.8) is 0 Å². The van der Waals surface area contributed by atoms with E-state index in [2.05, 4.69) is 48.6 Å². The predicted molar refractivity (Wildman–Crippen MR) is 77.1 cm³/mol. The first-order chi connectivity index (χ1) is 9.40. The number of fused-ring (bicyclic) bond motifs is 1. The molecule has 0 radical (unpaired) electrons. The largest absolute Gasteiger partial charge is 0.352 e. The van der Waals surface area contributed by atoms with E-state index in [0.29, 0.717) is 0 Å². The highest BCUT2D eigenvalue weighted by atomic mass is 16.6. The lowest BCUT2D eigenvalue weighted by molar-refractivity contribution is 0.341. The summed E-state index contributed by atoms with van der Waals surface area (Å²) in [5, 5.41) is 0. The highest BCUT2D eigenvalue weighted by Crippen LogP contribution is 2.52. The van der Waals surface area contributed by atoms with Crippen LogP contribution < -0.4 is 0 Å². The van der Waals surface area contributed by atoms with E-state index in [1.54, 1.807) is 0 Å². The Hall–Kier alpha value is -1.34. The second kappa shape index (κ2) is 4.35. The number of hydrogen-bond donors (Lipinski definition) is 0. The van der Waals surface area contributed by atoms with E-state index >= 15 is 0 Å². The molecule has 1 saturated carbocycles. The zero-order chi connectivity index (χ0) is 12.7. The molecule has 0 spiro atoms. The summed E-state index contributed by atoms with van der Waals surface area (Å²) in [5.74, 6) is 0.739. The number of hydrogen-bond acceptors (Lipinski definition) is 1. The van der Waals surface area contributed by atoms with E-state index in [9.17, 15) is 0 Å². The van der Waals surface area contributed by atoms with Crippen LogP contribution in [0.4, 0.5) is 0 Å². The van der Waals surface area contributed by atoms with E-state index in [1.165, 1.54) is 43.2 Å². The lowest BCUT2D eigenvalue weighted by Gasteiger charge is -2.26. The minimum absolute atomic E-state index is 0.136. The van der Waals surface area contributed by atoms with Gasteiger partial charge in [-0.15, -0.1) is 0 Å². The van der Waals surface area contributed by atoms with E-state index in [4.69, 9.17) is 4.74 Å². The summed E-state index contributed by atoms with van der Waals surface area (Å²) in [6.45, 7) is 0.